The molecule has 0 saturated carbocycles. The molecule has 0 aromatic carbocycles. The van der Waals surface area contributed by atoms with Gasteiger partial charge in [-0.15, -0.1) is 0 Å². The molecule has 0 spiro atoms. The standard InChI is InChI=1S/C14H25N5O/c1-2-4-16-13-11-15-12-14(18-13)17-5-3-6-19-7-9-20-10-8-19/h11-12H,2-10H2,1H3,(H2,16,17,18). The third kappa shape index (κ3) is 5.30. The molecule has 0 atom stereocenters. The first kappa shape index (κ1) is 15.0. The van der Waals surface area contributed by atoms with Crippen LogP contribution in [0, 0.1) is 0 Å². The first-order valence-electron chi connectivity index (χ1n) is 7.48. The minimum Gasteiger partial charge on any atom is -0.379 e. The number of hydrogen-bond donors (Lipinski definition) is 2. The van der Waals surface area contributed by atoms with Crippen molar-refractivity contribution in [2.75, 3.05) is 56.6 Å². The Morgan fingerprint density at radius 3 is 2.55 bits per heavy atom. The highest BCUT2D eigenvalue weighted by molar-refractivity contribution is 5.41. The summed E-state index contributed by atoms with van der Waals surface area (Å²) in [6.07, 6.45) is 5.72. The van der Waals surface area contributed by atoms with Crippen molar-refractivity contribution in [2.45, 2.75) is 19.8 Å². The quantitative estimate of drug-likeness (QED) is 0.702. The van der Waals surface area contributed by atoms with Gasteiger partial charge in [-0.1, -0.05) is 6.92 Å². The number of rotatable bonds is 8. The van der Waals surface area contributed by atoms with E-state index >= 15 is 0 Å². The normalized spacial score (nSPS) is 16.1. The van der Waals surface area contributed by atoms with Crippen LogP contribution in [0.25, 0.3) is 0 Å². The monoisotopic (exact) mass is 279 g/mol. The van der Waals surface area contributed by atoms with E-state index in [0.29, 0.717) is 0 Å². The molecular formula is C14H25N5O. The summed E-state index contributed by atoms with van der Waals surface area (Å²) >= 11 is 0. The lowest BCUT2D eigenvalue weighted by Crippen LogP contribution is -2.37. The minimum atomic E-state index is 0.838. The molecule has 1 saturated heterocycles. The van der Waals surface area contributed by atoms with Crippen molar-refractivity contribution in [1.82, 2.24) is 14.9 Å². The molecule has 1 aliphatic rings. The molecule has 2 heterocycles. The molecule has 1 aromatic rings. The Hall–Kier alpha value is -1.40. The number of hydrogen-bond acceptors (Lipinski definition) is 6. The summed E-state index contributed by atoms with van der Waals surface area (Å²) < 4.78 is 5.34. The Morgan fingerprint density at radius 2 is 1.85 bits per heavy atom. The van der Waals surface area contributed by atoms with Crippen molar-refractivity contribution >= 4 is 11.6 Å². The number of ether oxygens (including phenoxy) is 1. The molecule has 0 amide bonds. The van der Waals surface area contributed by atoms with Gasteiger partial charge in [0, 0.05) is 26.2 Å². The van der Waals surface area contributed by atoms with Crippen molar-refractivity contribution < 1.29 is 4.74 Å². The van der Waals surface area contributed by atoms with E-state index in [4.69, 9.17) is 4.74 Å². The number of nitrogens with zero attached hydrogens (tertiary/aromatic N) is 3. The maximum Gasteiger partial charge on any atom is 0.146 e. The smallest absolute Gasteiger partial charge is 0.146 e. The molecule has 0 radical (unpaired) electrons. The van der Waals surface area contributed by atoms with Gasteiger partial charge in [0.2, 0.25) is 0 Å². The average molecular weight is 279 g/mol. The summed E-state index contributed by atoms with van der Waals surface area (Å²) in [6, 6.07) is 0. The van der Waals surface area contributed by atoms with Crippen LogP contribution in [0.15, 0.2) is 12.4 Å². The van der Waals surface area contributed by atoms with Crippen molar-refractivity contribution in [3.63, 3.8) is 0 Å². The SMILES string of the molecule is CCCNc1cncc(NCCCN2CCOCC2)n1. The second kappa shape index (κ2) is 8.71. The van der Waals surface area contributed by atoms with Gasteiger partial charge in [-0.25, -0.2) is 4.98 Å². The minimum absolute atomic E-state index is 0.838. The molecular weight excluding hydrogens is 254 g/mol. The molecule has 6 nitrogen and oxygen atoms in total. The Bertz CT molecular complexity index is 382. The maximum absolute atomic E-state index is 5.34. The molecule has 112 valence electrons. The lowest BCUT2D eigenvalue weighted by molar-refractivity contribution is 0.0378. The zero-order valence-corrected chi connectivity index (χ0v) is 12.3. The molecule has 1 aromatic heterocycles. The van der Waals surface area contributed by atoms with Crippen LogP contribution in [0.2, 0.25) is 0 Å². The molecule has 20 heavy (non-hydrogen) atoms. The molecule has 2 rings (SSSR count). The van der Waals surface area contributed by atoms with Gasteiger partial charge in [-0.05, 0) is 19.4 Å². The summed E-state index contributed by atoms with van der Waals surface area (Å²) in [5, 5.41) is 6.57. The molecule has 1 fully saturated rings. The van der Waals surface area contributed by atoms with E-state index in [-0.39, 0.29) is 0 Å². The number of morpholine rings is 1. The van der Waals surface area contributed by atoms with E-state index < -0.39 is 0 Å². The van der Waals surface area contributed by atoms with Gasteiger partial charge in [-0.2, -0.15) is 0 Å². The molecule has 0 bridgehead atoms. The summed E-state index contributed by atoms with van der Waals surface area (Å²) in [4.78, 5) is 11.1. The van der Waals surface area contributed by atoms with Gasteiger partial charge < -0.3 is 15.4 Å². The van der Waals surface area contributed by atoms with Crippen LogP contribution in [0.1, 0.15) is 19.8 Å². The molecule has 1 aliphatic heterocycles. The highest BCUT2D eigenvalue weighted by Crippen LogP contribution is 2.06. The second-order valence-corrected chi connectivity index (χ2v) is 4.95. The average Bonchev–Trinajstić information content (AvgIpc) is 2.51. The third-order valence-electron chi connectivity index (χ3n) is 3.25. The first-order chi connectivity index (χ1) is 9.88. The van der Waals surface area contributed by atoms with Crippen molar-refractivity contribution in [2.24, 2.45) is 0 Å². The largest absolute Gasteiger partial charge is 0.379 e. The van der Waals surface area contributed by atoms with E-state index in [1.54, 1.807) is 12.4 Å². The van der Waals surface area contributed by atoms with E-state index in [2.05, 4.69) is 32.4 Å². The van der Waals surface area contributed by atoms with Gasteiger partial charge >= 0.3 is 0 Å². The third-order valence-corrected chi connectivity index (χ3v) is 3.25. The number of nitrogens with one attached hydrogen (secondary N) is 2. The van der Waals surface area contributed by atoms with Crippen LogP contribution in [0.5, 0.6) is 0 Å². The summed E-state index contributed by atoms with van der Waals surface area (Å²) in [7, 11) is 0. The van der Waals surface area contributed by atoms with Crippen LogP contribution >= 0.6 is 0 Å². The predicted octanol–water partition coefficient (Wildman–Crippen LogP) is 1.43. The second-order valence-electron chi connectivity index (χ2n) is 4.95. The first-order valence-corrected chi connectivity index (χ1v) is 7.48. The van der Waals surface area contributed by atoms with Gasteiger partial charge in [0.15, 0.2) is 0 Å². The highest BCUT2D eigenvalue weighted by atomic mass is 16.5. The van der Waals surface area contributed by atoms with Gasteiger partial charge in [0.25, 0.3) is 0 Å². The lowest BCUT2D eigenvalue weighted by atomic mass is 10.3. The predicted molar refractivity (Wildman–Crippen MR) is 81.2 cm³/mol. The van der Waals surface area contributed by atoms with Crippen molar-refractivity contribution in [3.05, 3.63) is 12.4 Å². The Labute approximate surface area is 120 Å². The maximum atomic E-state index is 5.34. The summed E-state index contributed by atoms with van der Waals surface area (Å²) in [5.74, 6) is 1.68. The van der Waals surface area contributed by atoms with E-state index in [1.165, 1.54) is 0 Å². The van der Waals surface area contributed by atoms with E-state index in [9.17, 15) is 0 Å². The zero-order valence-electron chi connectivity index (χ0n) is 12.3. The van der Waals surface area contributed by atoms with Crippen LogP contribution in [-0.2, 0) is 4.74 Å². The summed E-state index contributed by atoms with van der Waals surface area (Å²) in [6.45, 7) is 8.92. The van der Waals surface area contributed by atoms with E-state index in [0.717, 1.165) is 70.4 Å². The van der Waals surface area contributed by atoms with Crippen LogP contribution in [-0.4, -0.2) is 60.8 Å². The van der Waals surface area contributed by atoms with Gasteiger partial charge in [0.05, 0.1) is 25.6 Å². The van der Waals surface area contributed by atoms with Crippen molar-refractivity contribution in [3.8, 4) is 0 Å². The molecule has 0 aliphatic carbocycles. The lowest BCUT2D eigenvalue weighted by Gasteiger charge is -2.26. The molecule has 2 N–H and O–H groups in total. The Kier molecular flexibility index (Phi) is 6.53. The fraction of sp³-hybridized carbons (Fsp3) is 0.714. The van der Waals surface area contributed by atoms with Crippen LogP contribution < -0.4 is 10.6 Å². The summed E-state index contributed by atoms with van der Waals surface area (Å²) in [5.41, 5.74) is 0. The van der Waals surface area contributed by atoms with Gasteiger partial charge in [0.1, 0.15) is 11.6 Å². The fourth-order valence-corrected chi connectivity index (χ4v) is 2.13. The number of anilines is 2. The Morgan fingerprint density at radius 1 is 1.15 bits per heavy atom. The van der Waals surface area contributed by atoms with Crippen LogP contribution in [0.4, 0.5) is 11.6 Å². The van der Waals surface area contributed by atoms with E-state index in [1.807, 2.05) is 0 Å². The molecule has 6 heteroatoms. The Balaban J connectivity index is 1.65. The topological polar surface area (TPSA) is 62.3 Å². The fourth-order valence-electron chi connectivity index (χ4n) is 2.13. The van der Waals surface area contributed by atoms with Crippen molar-refractivity contribution in [1.29, 1.82) is 0 Å². The molecule has 0 unspecified atom stereocenters. The van der Waals surface area contributed by atoms with Crippen LogP contribution in [0.3, 0.4) is 0 Å². The highest BCUT2D eigenvalue weighted by Gasteiger charge is 2.09. The van der Waals surface area contributed by atoms with Gasteiger partial charge in [-0.3, -0.25) is 9.88 Å². The number of aromatic nitrogens is 2. The zero-order chi connectivity index (χ0) is 14.0.